The summed E-state index contributed by atoms with van der Waals surface area (Å²) in [4.78, 5) is 7.25. The highest BCUT2D eigenvalue weighted by Crippen LogP contribution is 2.14. The lowest BCUT2D eigenvalue weighted by Gasteiger charge is -2.14. The molecule has 0 atom stereocenters. The van der Waals surface area contributed by atoms with E-state index in [0.29, 0.717) is 13.1 Å². The summed E-state index contributed by atoms with van der Waals surface area (Å²) in [6, 6.07) is 10.9. The van der Waals surface area contributed by atoms with Crippen molar-refractivity contribution < 1.29 is 4.42 Å². The lowest BCUT2D eigenvalue weighted by atomic mass is 10.1. The molecule has 1 fully saturated rings. The number of aryl methyl sites for hydroxylation is 2. The van der Waals surface area contributed by atoms with Crippen molar-refractivity contribution in [2.45, 2.75) is 53.2 Å². The molecule has 1 aromatic carbocycles. The Balaban J connectivity index is 1.54. The van der Waals surface area contributed by atoms with Crippen LogP contribution in [0.2, 0.25) is 0 Å². The summed E-state index contributed by atoms with van der Waals surface area (Å²) in [5.41, 5.74) is 3.79. The molecule has 0 saturated carbocycles. The fraction of sp³-hybridized carbons (Fsp3) is 0.500. The van der Waals surface area contributed by atoms with E-state index in [2.05, 4.69) is 52.8 Å². The number of benzene rings is 1. The maximum absolute atomic E-state index is 5.59. The zero-order chi connectivity index (χ0) is 19.1. The first-order chi connectivity index (χ1) is 13.1. The van der Waals surface area contributed by atoms with Gasteiger partial charge in [0.05, 0.1) is 6.54 Å². The molecule has 3 rings (SSSR count). The average molecular weight is 369 g/mol. The van der Waals surface area contributed by atoms with Crippen molar-refractivity contribution in [3.8, 4) is 0 Å². The first kappa shape index (κ1) is 19.5. The van der Waals surface area contributed by atoms with E-state index in [0.717, 1.165) is 30.6 Å². The van der Waals surface area contributed by atoms with Gasteiger partial charge >= 0.3 is 0 Å². The van der Waals surface area contributed by atoms with E-state index in [1.54, 1.807) is 0 Å². The highest BCUT2D eigenvalue weighted by Gasteiger charge is 2.11. The van der Waals surface area contributed by atoms with E-state index >= 15 is 0 Å². The number of aliphatic imine (C=N–C) groups is 1. The van der Waals surface area contributed by atoms with Crippen molar-refractivity contribution >= 4 is 5.96 Å². The Bertz CT molecular complexity index is 742. The van der Waals surface area contributed by atoms with E-state index in [9.17, 15) is 0 Å². The minimum atomic E-state index is 0.669. The number of hydrogen-bond acceptors (Lipinski definition) is 3. The maximum Gasteiger partial charge on any atom is 0.191 e. The molecule has 0 bridgehead atoms. The molecule has 2 aromatic rings. The average Bonchev–Trinajstić information content (AvgIpc) is 3.28. The minimum Gasteiger partial charge on any atom is -0.466 e. The number of likely N-dealkylation sites (tertiary alicyclic amines) is 1. The molecule has 5 heteroatoms. The smallest absolute Gasteiger partial charge is 0.191 e. The summed E-state index contributed by atoms with van der Waals surface area (Å²) in [6.45, 7) is 11.8. The Labute approximate surface area is 162 Å². The predicted molar refractivity (Wildman–Crippen MR) is 111 cm³/mol. The van der Waals surface area contributed by atoms with Gasteiger partial charge in [-0.1, -0.05) is 24.3 Å². The van der Waals surface area contributed by atoms with E-state index < -0.39 is 0 Å². The lowest BCUT2D eigenvalue weighted by molar-refractivity contribution is 0.331. The van der Waals surface area contributed by atoms with Gasteiger partial charge in [-0.05, 0) is 63.9 Å². The van der Waals surface area contributed by atoms with Crippen LogP contribution in [0.1, 0.15) is 48.0 Å². The van der Waals surface area contributed by atoms with E-state index in [1.165, 1.54) is 42.6 Å². The molecule has 1 aliphatic heterocycles. The second-order valence-corrected chi connectivity index (χ2v) is 7.29. The summed E-state index contributed by atoms with van der Waals surface area (Å²) in [6.07, 6.45) is 2.68. The minimum absolute atomic E-state index is 0.669. The number of nitrogens with one attached hydrogen (secondary N) is 2. The highest BCUT2D eigenvalue weighted by atomic mass is 16.3. The normalized spacial score (nSPS) is 15.3. The van der Waals surface area contributed by atoms with Gasteiger partial charge in [0.25, 0.3) is 0 Å². The largest absolute Gasteiger partial charge is 0.466 e. The van der Waals surface area contributed by atoms with Crippen LogP contribution in [0.3, 0.4) is 0 Å². The second kappa shape index (κ2) is 9.60. The maximum atomic E-state index is 5.59. The zero-order valence-corrected chi connectivity index (χ0v) is 16.8. The summed E-state index contributed by atoms with van der Waals surface area (Å²) >= 11 is 0. The zero-order valence-electron chi connectivity index (χ0n) is 16.8. The van der Waals surface area contributed by atoms with Crippen LogP contribution in [-0.2, 0) is 19.6 Å². The summed E-state index contributed by atoms with van der Waals surface area (Å²) < 4.78 is 5.59. The molecule has 27 heavy (non-hydrogen) atoms. The molecule has 5 nitrogen and oxygen atoms in total. The quantitative estimate of drug-likeness (QED) is 0.577. The third kappa shape index (κ3) is 5.86. The summed E-state index contributed by atoms with van der Waals surface area (Å²) in [5, 5.41) is 6.70. The van der Waals surface area contributed by atoms with E-state index in [1.807, 2.05) is 13.8 Å². The van der Waals surface area contributed by atoms with Crippen molar-refractivity contribution in [3.05, 3.63) is 58.5 Å². The van der Waals surface area contributed by atoms with Gasteiger partial charge in [0, 0.05) is 25.2 Å². The van der Waals surface area contributed by atoms with Crippen LogP contribution < -0.4 is 10.6 Å². The topological polar surface area (TPSA) is 52.8 Å². The number of hydrogen-bond donors (Lipinski definition) is 2. The molecule has 146 valence electrons. The van der Waals surface area contributed by atoms with E-state index in [-0.39, 0.29) is 0 Å². The van der Waals surface area contributed by atoms with Gasteiger partial charge < -0.3 is 15.1 Å². The first-order valence-corrected chi connectivity index (χ1v) is 10.0. The molecule has 1 aliphatic rings. The molecule has 1 aromatic heterocycles. The Kier molecular flexibility index (Phi) is 6.93. The van der Waals surface area contributed by atoms with Crippen molar-refractivity contribution in [1.29, 1.82) is 0 Å². The van der Waals surface area contributed by atoms with Crippen LogP contribution in [0.5, 0.6) is 0 Å². The summed E-state index contributed by atoms with van der Waals surface area (Å²) in [7, 11) is 0. The van der Waals surface area contributed by atoms with Gasteiger partial charge in [0.2, 0.25) is 0 Å². The van der Waals surface area contributed by atoms with Crippen LogP contribution in [0.4, 0.5) is 0 Å². The highest BCUT2D eigenvalue weighted by molar-refractivity contribution is 5.79. The predicted octanol–water partition coefficient (Wildman–Crippen LogP) is 3.75. The molecule has 0 amide bonds. The number of furan rings is 1. The fourth-order valence-corrected chi connectivity index (χ4v) is 3.50. The van der Waals surface area contributed by atoms with Gasteiger partial charge in [0.15, 0.2) is 5.96 Å². The molecular formula is C22H32N4O. The lowest BCUT2D eigenvalue weighted by Crippen LogP contribution is -2.36. The molecule has 0 unspecified atom stereocenters. The van der Waals surface area contributed by atoms with Crippen molar-refractivity contribution in [3.63, 3.8) is 0 Å². The van der Waals surface area contributed by atoms with Crippen LogP contribution in [0.15, 0.2) is 39.7 Å². The Morgan fingerprint density at radius 2 is 1.78 bits per heavy atom. The van der Waals surface area contributed by atoms with Crippen LogP contribution in [-0.4, -0.2) is 30.5 Å². The monoisotopic (exact) mass is 368 g/mol. The summed E-state index contributed by atoms with van der Waals surface area (Å²) in [5.74, 6) is 2.74. The Hall–Kier alpha value is -2.27. The molecular weight excluding hydrogens is 336 g/mol. The molecule has 2 N–H and O–H groups in total. The third-order valence-corrected chi connectivity index (χ3v) is 4.98. The van der Waals surface area contributed by atoms with Gasteiger partial charge in [-0.2, -0.15) is 0 Å². The molecule has 1 saturated heterocycles. The first-order valence-electron chi connectivity index (χ1n) is 10.0. The fourth-order valence-electron chi connectivity index (χ4n) is 3.50. The number of rotatable bonds is 7. The van der Waals surface area contributed by atoms with Gasteiger partial charge in [-0.25, -0.2) is 4.99 Å². The van der Waals surface area contributed by atoms with Gasteiger partial charge in [-0.15, -0.1) is 0 Å². The Morgan fingerprint density at radius 1 is 1.07 bits per heavy atom. The van der Waals surface area contributed by atoms with Crippen LogP contribution in [0.25, 0.3) is 0 Å². The molecule has 2 heterocycles. The van der Waals surface area contributed by atoms with Crippen LogP contribution in [0, 0.1) is 13.8 Å². The molecule has 0 aliphatic carbocycles. The van der Waals surface area contributed by atoms with Crippen molar-refractivity contribution in [2.75, 3.05) is 19.6 Å². The van der Waals surface area contributed by atoms with Gasteiger partial charge in [0.1, 0.15) is 11.5 Å². The van der Waals surface area contributed by atoms with Gasteiger partial charge in [-0.3, -0.25) is 4.90 Å². The van der Waals surface area contributed by atoms with E-state index in [4.69, 9.17) is 9.41 Å². The van der Waals surface area contributed by atoms with Crippen molar-refractivity contribution in [2.24, 2.45) is 4.99 Å². The second-order valence-electron chi connectivity index (χ2n) is 7.29. The number of nitrogens with zero attached hydrogens (tertiary/aromatic N) is 2. The molecule has 0 spiro atoms. The SMILES string of the molecule is CCNC(=NCc1ccc(CN2CCCC2)cc1)NCc1cc(C)oc1C. The Morgan fingerprint density at radius 3 is 2.41 bits per heavy atom. The standard InChI is InChI=1S/C22H32N4O/c1-4-23-22(25-15-21-13-17(2)27-18(21)3)24-14-19-7-9-20(10-8-19)16-26-11-5-6-12-26/h7-10,13H,4-6,11-12,14-16H2,1-3H3,(H2,23,24,25). The third-order valence-electron chi connectivity index (χ3n) is 4.98. The van der Waals surface area contributed by atoms with Crippen LogP contribution >= 0.6 is 0 Å². The molecule has 0 radical (unpaired) electrons. The number of guanidine groups is 1. The van der Waals surface area contributed by atoms with Crippen molar-refractivity contribution in [1.82, 2.24) is 15.5 Å².